The second-order valence-electron chi connectivity index (χ2n) is 3.57. The number of halogens is 2. The number of hydrogen-bond acceptors (Lipinski definition) is 2. The maximum absolute atomic E-state index is 11.7. The van der Waals surface area contributed by atoms with Gasteiger partial charge in [-0.3, -0.25) is 4.79 Å². The Morgan fingerprint density at radius 2 is 1.89 bits per heavy atom. The lowest BCUT2D eigenvalue weighted by atomic mass is 10.1. The van der Waals surface area contributed by atoms with Crippen molar-refractivity contribution in [3.63, 3.8) is 0 Å². The van der Waals surface area contributed by atoms with Crippen LogP contribution in [-0.4, -0.2) is 16.1 Å². The molecule has 0 aliphatic carbocycles. The third-order valence-corrected chi connectivity index (χ3v) is 3.12. The Balaban J connectivity index is 2.62. The number of aromatic amines is 1. The highest BCUT2D eigenvalue weighted by molar-refractivity contribution is 6.42. The van der Waals surface area contributed by atoms with Gasteiger partial charge in [-0.25, -0.2) is 4.79 Å². The average Bonchev–Trinajstić information content (AvgIpc) is 2.33. The van der Waals surface area contributed by atoms with Crippen molar-refractivity contribution >= 4 is 29.2 Å². The number of carboxylic acid groups (broad SMARTS) is 1. The van der Waals surface area contributed by atoms with E-state index in [0.717, 1.165) is 6.20 Å². The van der Waals surface area contributed by atoms with Crippen molar-refractivity contribution in [3.8, 4) is 11.1 Å². The Labute approximate surface area is 112 Å². The molecule has 1 aromatic carbocycles. The molecule has 2 rings (SSSR count). The molecule has 0 saturated heterocycles. The standard InChI is InChI=1S/C12H7Cl2NO3/c13-9-2-1-6(4-10(9)14)8-3-7(12(17)18)5-15-11(8)16/h1-5H,(H,15,16)(H,17,18). The Morgan fingerprint density at radius 3 is 2.50 bits per heavy atom. The molecule has 92 valence electrons. The van der Waals surface area contributed by atoms with Gasteiger partial charge in [-0.15, -0.1) is 0 Å². The summed E-state index contributed by atoms with van der Waals surface area (Å²) in [5.74, 6) is -1.12. The molecule has 0 radical (unpaired) electrons. The van der Waals surface area contributed by atoms with E-state index in [9.17, 15) is 9.59 Å². The molecule has 0 atom stereocenters. The van der Waals surface area contributed by atoms with Crippen LogP contribution in [-0.2, 0) is 0 Å². The zero-order chi connectivity index (χ0) is 13.3. The van der Waals surface area contributed by atoms with Crippen molar-refractivity contribution in [2.75, 3.05) is 0 Å². The summed E-state index contributed by atoms with van der Waals surface area (Å²) in [6.07, 6.45) is 1.14. The predicted molar refractivity (Wildman–Crippen MR) is 69.5 cm³/mol. The molecule has 0 aliphatic heterocycles. The quantitative estimate of drug-likeness (QED) is 0.890. The van der Waals surface area contributed by atoms with Crippen LogP contribution in [0.1, 0.15) is 10.4 Å². The van der Waals surface area contributed by atoms with Crippen LogP contribution < -0.4 is 5.56 Å². The van der Waals surface area contributed by atoms with E-state index in [4.69, 9.17) is 28.3 Å². The molecule has 1 heterocycles. The van der Waals surface area contributed by atoms with Crippen LogP contribution in [0.4, 0.5) is 0 Å². The monoisotopic (exact) mass is 283 g/mol. The molecular formula is C12H7Cl2NO3. The van der Waals surface area contributed by atoms with Crippen LogP contribution in [0.25, 0.3) is 11.1 Å². The number of aromatic carboxylic acids is 1. The summed E-state index contributed by atoms with van der Waals surface area (Å²) in [5, 5.41) is 9.54. The van der Waals surface area contributed by atoms with Crippen LogP contribution in [0, 0.1) is 0 Å². The molecule has 0 spiro atoms. The number of nitrogens with one attached hydrogen (secondary N) is 1. The Morgan fingerprint density at radius 1 is 1.17 bits per heavy atom. The van der Waals surface area contributed by atoms with Gasteiger partial charge in [0.05, 0.1) is 15.6 Å². The van der Waals surface area contributed by atoms with Gasteiger partial charge in [-0.1, -0.05) is 29.3 Å². The number of carboxylic acids is 1. The van der Waals surface area contributed by atoms with E-state index in [1.54, 1.807) is 12.1 Å². The van der Waals surface area contributed by atoms with Crippen molar-refractivity contribution in [2.45, 2.75) is 0 Å². The van der Waals surface area contributed by atoms with Gasteiger partial charge in [0.15, 0.2) is 0 Å². The van der Waals surface area contributed by atoms with E-state index in [2.05, 4.69) is 4.98 Å². The molecule has 4 nitrogen and oxygen atoms in total. The molecule has 0 aliphatic rings. The van der Waals surface area contributed by atoms with Crippen molar-refractivity contribution in [2.24, 2.45) is 0 Å². The van der Waals surface area contributed by atoms with E-state index < -0.39 is 11.5 Å². The number of aromatic nitrogens is 1. The van der Waals surface area contributed by atoms with Crippen LogP contribution in [0.5, 0.6) is 0 Å². The van der Waals surface area contributed by atoms with E-state index in [0.29, 0.717) is 15.6 Å². The highest BCUT2D eigenvalue weighted by Crippen LogP contribution is 2.27. The second-order valence-corrected chi connectivity index (χ2v) is 4.38. The number of pyridine rings is 1. The van der Waals surface area contributed by atoms with Gasteiger partial charge in [-0.05, 0) is 23.8 Å². The molecule has 18 heavy (non-hydrogen) atoms. The fourth-order valence-electron chi connectivity index (χ4n) is 1.49. The van der Waals surface area contributed by atoms with Crippen LogP contribution in [0.3, 0.4) is 0 Å². The average molecular weight is 284 g/mol. The number of benzene rings is 1. The van der Waals surface area contributed by atoms with Crippen LogP contribution in [0.15, 0.2) is 35.3 Å². The van der Waals surface area contributed by atoms with Gasteiger partial charge in [0, 0.05) is 11.8 Å². The zero-order valence-electron chi connectivity index (χ0n) is 8.91. The first-order valence-corrected chi connectivity index (χ1v) is 5.66. The minimum Gasteiger partial charge on any atom is -0.478 e. The van der Waals surface area contributed by atoms with Gasteiger partial charge < -0.3 is 10.1 Å². The molecule has 0 bridgehead atoms. The zero-order valence-corrected chi connectivity index (χ0v) is 10.4. The number of hydrogen-bond donors (Lipinski definition) is 2. The van der Waals surface area contributed by atoms with Crippen LogP contribution >= 0.6 is 23.2 Å². The Hall–Kier alpha value is -1.78. The first kappa shape index (κ1) is 12.7. The highest BCUT2D eigenvalue weighted by atomic mass is 35.5. The topological polar surface area (TPSA) is 70.2 Å². The van der Waals surface area contributed by atoms with Gasteiger partial charge >= 0.3 is 5.97 Å². The highest BCUT2D eigenvalue weighted by Gasteiger charge is 2.10. The maximum Gasteiger partial charge on any atom is 0.337 e. The lowest BCUT2D eigenvalue weighted by Gasteiger charge is -2.03. The third-order valence-electron chi connectivity index (χ3n) is 2.38. The van der Waals surface area contributed by atoms with Crippen molar-refractivity contribution < 1.29 is 9.90 Å². The van der Waals surface area contributed by atoms with Crippen molar-refractivity contribution in [1.29, 1.82) is 0 Å². The summed E-state index contributed by atoms with van der Waals surface area (Å²) in [6.45, 7) is 0. The SMILES string of the molecule is O=C(O)c1c[nH]c(=O)c(-c2ccc(Cl)c(Cl)c2)c1. The summed E-state index contributed by atoms with van der Waals surface area (Å²) < 4.78 is 0. The number of rotatable bonds is 2. The molecule has 0 unspecified atom stereocenters. The molecule has 6 heteroatoms. The second kappa shape index (κ2) is 4.84. The minimum atomic E-state index is -1.12. The summed E-state index contributed by atoms with van der Waals surface area (Å²) in [7, 11) is 0. The molecular weight excluding hydrogens is 277 g/mol. The summed E-state index contributed by atoms with van der Waals surface area (Å²) in [4.78, 5) is 24.9. The smallest absolute Gasteiger partial charge is 0.337 e. The first-order valence-electron chi connectivity index (χ1n) is 4.90. The minimum absolute atomic E-state index is 0.00401. The molecule has 0 fully saturated rings. The number of H-pyrrole nitrogens is 1. The molecule has 2 N–H and O–H groups in total. The summed E-state index contributed by atoms with van der Waals surface area (Å²) in [5.41, 5.74) is 0.344. The maximum atomic E-state index is 11.7. The first-order chi connectivity index (χ1) is 8.49. The van der Waals surface area contributed by atoms with Gasteiger partial charge in [0.2, 0.25) is 0 Å². The van der Waals surface area contributed by atoms with E-state index >= 15 is 0 Å². The fraction of sp³-hybridized carbons (Fsp3) is 0. The third kappa shape index (κ3) is 2.39. The molecule has 0 amide bonds. The van der Waals surface area contributed by atoms with E-state index in [1.807, 2.05) is 0 Å². The fourth-order valence-corrected chi connectivity index (χ4v) is 1.78. The van der Waals surface area contributed by atoms with Gasteiger partial charge in [0.25, 0.3) is 5.56 Å². The van der Waals surface area contributed by atoms with Crippen molar-refractivity contribution in [1.82, 2.24) is 4.98 Å². The normalized spacial score (nSPS) is 10.3. The van der Waals surface area contributed by atoms with E-state index in [1.165, 1.54) is 12.1 Å². The largest absolute Gasteiger partial charge is 0.478 e. The summed E-state index contributed by atoms with van der Waals surface area (Å²) >= 11 is 11.6. The van der Waals surface area contributed by atoms with Crippen molar-refractivity contribution in [3.05, 3.63) is 56.4 Å². The molecule has 1 aromatic heterocycles. The number of carbonyl (C=O) groups is 1. The molecule has 0 saturated carbocycles. The Bertz CT molecular complexity index is 679. The predicted octanol–water partition coefficient (Wildman–Crippen LogP) is 3.05. The Kier molecular flexibility index (Phi) is 3.41. The van der Waals surface area contributed by atoms with Gasteiger partial charge in [0.1, 0.15) is 0 Å². The molecule has 2 aromatic rings. The van der Waals surface area contributed by atoms with Crippen LogP contribution in [0.2, 0.25) is 10.0 Å². The summed E-state index contributed by atoms with van der Waals surface area (Å²) in [6, 6.07) is 5.96. The van der Waals surface area contributed by atoms with Gasteiger partial charge in [-0.2, -0.15) is 0 Å². The lowest BCUT2D eigenvalue weighted by molar-refractivity contribution is 0.0696. The lowest BCUT2D eigenvalue weighted by Crippen LogP contribution is -2.11. The van der Waals surface area contributed by atoms with E-state index in [-0.39, 0.29) is 11.1 Å².